The first kappa shape index (κ1) is 12.8. The van der Waals surface area contributed by atoms with Gasteiger partial charge < -0.3 is 14.4 Å². The number of aryl methyl sites for hydroxylation is 1. The van der Waals surface area contributed by atoms with Gasteiger partial charge in [-0.1, -0.05) is 0 Å². The molecule has 1 N–H and O–H groups in total. The lowest BCUT2D eigenvalue weighted by Crippen LogP contribution is -2.37. The van der Waals surface area contributed by atoms with Crippen LogP contribution in [-0.2, 0) is 18.2 Å². The third-order valence-electron chi connectivity index (χ3n) is 5.64. The second-order valence-corrected chi connectivity index (χ2v) is 6.65. The van der Waals surface area contributed by atoms with Gasteiger partial charge in [-0.15, -0.1) is 0 Å². The van der Waals surface area contributed by atoms with E-state index in [0.29, 0.717) is 17.9 Å². The minimum Gasteiger partial charge on any atom is -0.396 e. The number of aliphatic hydroxyl groups excluding tert-OH is 1. The van der Waals surface area contributed by atoms with Gasteiger partial charge in [-0.2, -0.15) is 0 Å². The molecule has 0 amide bonds. The van der Waals surface area contributed by atoms with Gasteiger partial charge in [-0.25, -0.2) is 4.98 Å². The molecule has 3 fully saturated rings. The standard InChI is InChI=1S/C15H23N3O2/c1-17-7-5-16-14(17)3-6-18-8-12-11(9-19)13-2-4-15(12,10-18)20-13/h5,7,11-13,19H,2-4,6,8-10H2,1H3/t11-,12+,13+,15+/m1/s1. The van der Waals surface area contributed by atoms with E-state index in [9.17, 15) is 5.11 Å². The van der Waals surface area contributed by atoms with Gasteiger partial charge in [0.15, 0.2) is 0 Å². The highest BCUT2D eigenvalue weighted by Crippen LogP contribution is 2.54. The van der Waals surface area contributed by atoms with E-state index >= 15 is 0 Å². The zero-order chi connectivity index (χ0) is 13.7. The molecule has 0 aromatic carbocycles. The monoisotopic (exact) mass is 277 g/mol. The molecular formula is C15H23N3O2. The molecular weight excluding hydrogens is 254 g/mol. The second kappa shape index (κ2) is 4.55. The van der Waals surface area contributed by atoms with Crippen LogP contribution in [0.2, 0.25) is 0 Å². The van der Waals surface area contributed by atoms with Gasteiger partial charge >= 0.3 is 0 Å². The third kappa shape index (κ3) is 1.76. The van der Waals surface area contributed by atoms with E-state index in [4.69, 9.17) is 4.74 Å². The topological polar surface area (TPSA) is 50.5 Å². The summed E-state index contributed by atoms with van der Waals surface area (Å²) < 4.78 is 8.35. The molecule has 0 unspecified atom stereocenters. The van der Waals surface area contributed by atoms with Gasteiger partial charge in [-0.05, 0) is 12.8 Å². The second-order valence-electron chi connectivity index (χ2n) is 6.65. The van der Waals surface area contributed by atoms with Gasteiger partial charge in [0.05, 0.1) is 11.7 Å². The van der Waals surface area contributed by atoms with Crippen molar-refractivity contribution < 1.29 is 9.84 Å². The van der Waals surface area contributed by atoms with Crippen molar-refractivity contribution in [3.05, 3.63) is 18.2 Å². The number of imidazole rings is 1. The average molecular weight is 277 g/mol. The largest absolute Gasteiger partial charge is 0.396 e. The molecule has 3 saturated heterocycles. The van der Waals surface area contributed by atoms with Crippen molar-refractivity contribution in [3.8, 4) is 0 Å². The van der Waals surface area contributed by atoms with Crippen LogP contribution in [0.25, 0.3) is 0 Å². The van der Waals surface area contributed by atoms with Crippen LogP contribution in [0, 0.1) is 11.8 Å². The third-order valence-corrected chi connectivity index (χ3v) is 5.64. The molecule has 3 aliphatic heterocycles. The van der Waals surface area contributed by atoms with Crippen LogP contribution >= 0.6 is 0 Å². The summed E-state index contributed by atoms with van der Waals surface area (Å²) in [4.78, 5) is 6.89. The Morgan fingerprint density at radius 2 is 2.45 bits per heavy atom. The molecule has 2 bridgehead atoms. The molecule has 3 aliphatic rings. The fourth-order valence-electron chi connectivity index (χ4n) is 4.60. The number of hydrogen-bond acceptors (Lipinski definition) is 4. The highest BCUT2D eigenvalue weighted by atomic mass is 16.5. The van der Waals surface area contributed by atoms with E-state index in [-0.39, 0.29) is 12.2 Å². The summed E-state index contributed by atoms with van der Waals surface area (Å²) in [6, 6.07) is 0. The smallest absolute Gasteiger partial charge is 0.109 e. The first-order valence-corrected chi connectivity index (χ1v) is 7.69. The molecule has 4 atom stereocenters. The Labute approximate surface area is 119 Å². The zero-order valence-corrected chi connectivity index (χ0v) is 12.0. The normalized spacial score (nSPS) is 39.6. The molecule has 4 rings (SSSR count). The Bertz CT molecular complexity index is 503. The fraction of sp³-hybridized carbons (Fsp3) is 0.800. The van der Waals surface area contributed by atoms with Crippen molar-refractivity contribution >= 4 is 0 Å². The predicted molar refractivity (Wildman–Crippen MR) is 74.3 cm³/mol. The van der Waals surface area contributed by atoms with E-state index in [1.807, 2.05) is 19.4 Å². The Morgan fingerprint density at radius 3 is 3.20 bits per heavy atom. The molecule has 20 heavy (non-hydrogen) atoms. The lowest BCUT2D eigenvalue weighted by molar-refractivity contribution is 0.00110. The molecule has 1 aromatic rings. The maximum atomic E-state index is 9.62. The van der Waals surface area contributed by atoms with E-state index in [0.717, 1.165) is 38.3 Å². The van der Waals surface area contributed by atoms with E-state index in [1.54, 1.807) is 0 Å². The quantitative estimate of drug-likeness (QED) is 0.867. The van der Waals surface area contributed by atoms with Crippen LogP contribution in [-0.4, -0.2) is 57.5 Å². The van der Waals surface area contributed by atoms with Gasteiger partial charge in [-0.3, -0.25) is 4.90 Å². The highest BCUT2D eigenvalue weighted by molar-refractivity contribution is 5.12. The molecule has 0 radical (unpaired) electrons. The first-order valence-electron chi connectivity index (χ1n) is 7.69. The fourth-order valence-corrected chi connectivity index (χ4v) is 4.60. The van der Waals surface area contributed by atoms with Crippen LogP contribution in [0.15, 0.2) is 12.4 Å². The summed E-state index contributed by atoms with van der Waals surface area (Å²) in [6.07, 6.45) is 7.48. The Morgan fingerprint density at radius 1 is 1.55 bits per heavy atom. The molecule has 110 valence electrons. The van der Waals surface area contributed by atoms with Crippen molar-refractivity contribution in [3.63, 3.8) is 0 Å². The number of aliphatic hydroxyl groups is 1. The summed E-state index contributed by atoms with van der Waals surface area (Å²) in [5.41, 5.74) is 0.0553. The Balaban J connectivity index is 1.42. The van der Waals surface area contributed by atoms with Crippen LogP contribution in [0.3, 0.4) is 0 Å². The van der Waals surface area contributed by atoms with Crippen LogP contribution in [0.1, 0.15) is 18.7 Å². The van der Waals surface area contributed by atoms with Crippen molar-refractivity contribution in [1.82, 2.24) is 14.5 Å². The molecule has 0 aliphatic carbocycles. The number of fused-ring (bicyclic) bond motifs is 1. The lowest BCUT2D eigenvalue weighted by Gasteiger charge is -2.28. The summed E-state index contributed by atoms with van der Waals surface area (Å²) in [5, 5.41) is 9.62. The molecule has 0 saturated carbocycles. The summed E-state index contributed by atoms with van der Waals surface area (Å²) in [6.45, 7) is 3.43. The zero-order valence-electron chi connectivity index (χ0n) is 12.0. The minimum absolute atomic E-state index is 0.0553. The number of rotatable bonds is 4. The van der Waals surface area contributed by atoms with Gasteiger partial charge in [0.1, 0.15) is 5.82 Å². The van der Waals surface area contributed by atoms with Crippen LogP contribution in [0.4, 0.5) is 0 Å². The minimum atomic E-state index is 0.0553. The summed E-state index contributed by atoms with van der Waals surface area (Å²) >= 11 is 0. The van der Waals surface area contributed by atoms with Crippen LogP contribution < -0.4 is 0 Å². The maximum absolute atomic E-state index is 9.62. The number of nitrogens with zero attached hydrogens (tertiary/aromatic N) is 3. The van der Waals surface area contributed by atoms with E-state index in [2.05, 4.69) is 14.5 Å². The average Bonchev–Trinajstić information content (AvgIpc) is 3.15. The summed E-state index contributed by atoms with van der Waals surface area (Å²) in [5.74, 6) is 2.04. The Hall–Kier alpha value is -0.910. The molecule has 5 nitrogen and oxygen atoms in total. The molecule has 4 heterocycles. The maximum Gasteiger partial charge on any atom is 0.109 e. The number of ether oxygens (including phenoxy) is 1. The van der Waals surface area contributed by atoms with Crippen molar-refractivity contribution in [2.45, 2.75) is 31.0 Å². The van der Waals surface area contributed by atoms with Gasteiger partial charge in [0.2, 0.25) is 0 Å². The molecule has 1 aromatic heterocycles. The van der Waals surface area contributed by atoms with Gasteiger partial charge in [0, 0.05) is 63.9 Å². The Kier molecular flexibility index (Phi) is 2.91. The SMILES string of the molecule is Cn1ccnc1CCN1C[C@H]2[C@@H](CO)[C@@H]3CC[C@@]2(C1)O3. The molecule has 1 spiro atoms. The van der Waals surface area contributed by atoms with Crippen molar-refractivity contribution in [2.75, 3.05) is 26.2 Å². The number of aromatic nitrogens is 2. The first-order chi connectivity index (χ1) is 9.72. The number of likely N-dealkylation sites (tertiary alicyclic amines) is 1. The van der Waals surface area contributed by atoms with Crippen LogP contribution in [0.5, 0.6) is 0 Å². The summed E-state index contributed by atoms with van der Waals surface area (Å²) in [7, 11) is 2.05. The van der Waals surface area contributed by atoms with E-state index < -0.39 is 0 Å². The lowest BCUT2D eigenvalue weighted by atomic mass is 9.74. The molecule has 5 heteroatoms. The highest BCUT2D eigenvalue weighted by Gasteiger charge is 2.62. The van der Waals surface area contributed by atoms with E-state index in [1.165, 1.54) is 6.42 Å². The predicted octanol–water partition coefficient (Wildman–Crippen LogP) is 0.434. The van der Waals surface area contributed by atoms with Crippen molar-refractivity contribution in [1.29, 1.82) is 0 Å². The number of hydrogen-bond donors (Lipinski definition) is 1. The van der Waals surface area contributed by atoms with Crippen molar-refractivity contribution in [2.24, 2.45) is 18.9 Å². The van der Waals surface area contributed by atoms with Gasteiger partial charge in [0.25, 0.3) is 0 Å².